The smallest absolute Gasteiger partial charge is 0.184 e. The minimum absolute atomic E-state index is 0.000796. The molecular weight excluding hydrogens is 264 g/mol. The fourth-order valence-electron chi connectivity index (χ4n) is 2.04. The van der Waals surface area contributed by atoms with Crippen molar-refractivity contribution < 1.29 is 17.9 Å². The van der Waals surface area contributed by atoms with E-state index in [1.165, 1.54) is 20.1 Å². The van der Waals surface area contributed by atoms with Crippen LogP contribution in [0.15, 0.2) is 23.1 Å². The molecule has 0 bridgehead atoms. The molecule has 0 saturated carbocycles. The van der Waals surface area contributed by atoms with Gasteiger partial charge in [0.1, 0.15) is 11.5 Å². The summed E-state index contributed by atoms with van der Waals surface area (Å²) in [5.41, 5.74) is 0.621. The van der Waals surface area contributed by atoms with Gasteiger partial charge in [0.25, 0.3) is 0 Å². The SMILES string of the molecule is COc1ccc(S(=O)(=O)C(C)(C)CC(C)=O)c(C)c1. The fourth-order valence-corrected chi connectivity index (χ4v) is 3.76. The second-order valence-electron chi connectivity index (χ2n) is 5.27. The summed E-state index contributed by atoms with van der Waals surface area (Å²) in [6, 6.07) is 4.83. The van der Waals surface area contributed by atoms with Gasteiger partial charge in [-0.1, -0.05) is 0 Å². The first-order valence-electron chi connectivity index (χ1n) is 6.00. The first-order chi connectivity index (χ1) is 8.61. The van der Waals surface area contributed by atoms with Crippen molar-refractivity contribution in [3.63, 3.8) is 0 Å². The number of carbonyl (C=O) groups is 1. The number of Topliss-reactive ketones (excluding diaryl/α,β-unsaturated/α-hetero) is 1. The molecule has 0 amide bonds. The topological polar surface area (TPSA) is 60.4 Å². The third-order valence-electron chi connectivity index (χ3n) is 3.07. The average molecular weight is 284 g/mol. The summed E-state index contributed by atoms with van der Waals surface area (Å²) in [5.74, 6) is 0.473. The number of benzene rings is 1. The Labute approximate surface area is 114 Å². The van der Waals surface area contributed by atoms with Gasteiger partial charge in [-0.25, -0.2) is 8.42 Å². The van der Waals surface area contributed by atoms with Crippen LogP contribution in [0.5, 0.6) is 5.75 Å². The van der Waals surface area contributed by atoms with Crippen LogP contribution in [0, 0.1) is 6.92 Å². The summed E-state index contributed by atoms with van der Waals surface area (Å²) in [6.07, 6.45) is 0.000796. The zero-order chi connectivity index (χ0) is 14.8. The van der Waals surface area contributed by atoms with Crippen LogP contribution in [0.4, 0.5) is 0 Å². The second kappa shape index (κ2) is 5.33. The molecule has 19 heavy (non-hydrogen) atoms. The van der Waals surface area contributed by atoms with E-state index in [0.29, 0.717) is 11.3 Å². The molecule has 0 aliphatic rings. The number of hydrogen-bond donors (Lipinski definition) is 0. The minimum Gasteiger partial charge on any atom is -0.497 e. The van der Waals surface area contributed by atoms with Crippen LogP contribution < -0.4 is 4.74 Å². The number of rotatable bonds is 5. The minimum atomic E-state index is -3.57. The zero-order valence-electron chi connectivity index (χ0n) is 12.0. The van der Waals surface area contributed by atoms with Gasteiger partial charge in [-0.3, -0.25) is 4.79 Å². The lowest BCUT2D eigenvalue weighted by atomic mass is 10.1. The van der Waals surface area contributed by atoms with Crippen molar-refractivity contribution in [3.8, 4) is 5.75 Å². The van der Waals surface area contributed by atoms with E-state index in [0.717, 1.165) is 0 Å². The Kier molecular flexibility index (Phi) is 4.40. The first kappa shape index (κ1) is 15.7. The first-order valence-corrected chi connectivity index (χ1v) is 7.49. The Morgan fingerprint density at radius 1 is 1.32 bits per heavy atom. The normalized spacial score (nSPS) is 12.3. The van der Waals surface area contributed by atoms with Gasteiger partial charge in [0.05, 0.1) is 16.8 Å². The lowest BCUT2D eigenvalue weighted by molar-refractivity contribution is -0.117. The maximum atomic E-state index is 12.6. The number of ether oxygens (including phenoxy) is 1. The van der Waals surface area contributed by atoms with Crippen LogP contribution in [-0.2, 0) is 14.6 Å². The van der Waals surface area contributed by atoms with Gasteiger partial charge >= 0.3 is 0 Å². The molecule has 0 atom stereocenters. The molecule has 4 nitrogen and oxygen atoms in total. The molecule has 0 aliphatic carbocycles. The van der Waals surface area contributed by atoms with Gasteiger partial charge in [-0.05, 0) is 51.5 Å². The molecule has 1 rings (SSSR count). The van der Waals surface area contributed by atoms with E-state index in [-0.39, 0.29) is 17.1 Å². The number of aryl methyl sites for hydroxylation is 1. The lowest BCUT2D eigenvalue weighted by Crippen LogP contribution is -2.34. The van der Waals surface area contributed by atoms with Gasteiger partial charge < -0.3 is 4.74 Å². The van der Waals surface area contributed by atoms with E-state index in [9.17, 15) is 13.2 Å². The number of methoxy groups -OCH3 is 1. The second-order valence-corrected chi connectivity index (χ2v) is 7.83. The fraction of sp³-hybridized carbons (Fsp3) is 0.500. The Hall–Kier alpha value is -1.36. The molecule has 0 heterocycles. The molecule has 0 N–H and O–H groups in total. The molecule has 0 saturated heterocycles. The van der Waals surface area contributed by atoms with Crippen LogP contribution >= 0.6 is 0 Å². The van der Waals surface area contributed by atoms with Crippen molar-refractivity contribution in [1.29, 1.82) is 0 Å². The van der Waals surface area contributed by atoms with Crippen molar-refractivity contribution in [2.45, 2.75) is 43.8 Å². The standard InChI is InChI=1S/C14H20O4S/c1-10-8-12(18-5)6-7-13(10)19(16,17)14(3,4)9-11(2)15/h6-8H,9H2,1-5H3. The van der Waals surface area contributed by atoms with E-state index in [2.05, 4.69) is 0 Å². The monoisotopic (exact) mass is 284 g/mol. The molecule has 1 aromatic rings. The van der Waals surface area contributed by atoms with Crippen LogP contribution in [0.3, 0.4) is 0 Å². The van der Waals surface area contributed by atoms with E-state index in [1.54, 1.807) is 32.9 Å². The average Bonchev–Trinajstić information content (AvgIpc) is 2.26. The summed E-state index contributed by atoms with van der Waals surface area (Å²) >= 11 is 0. The Balaban J connectivity index is 3.31. The maximum Gasteiger partial charge on any atom is 0.184 e. The highest BCUT2D eigenvalue weighted by atomic mass is 32.2. The molecule has 0 spiro atoms. The lowest BCUT2D eigenvalue weighted by Gasteiger charge is -2.24. The Morgan fingerprint density at radius 3 is 2.32 bits per heavy atom. The van der Waals surface area contributed by atoms with Crippen molar-refractivity contribution >= 4 is 15.6 Å². The number of ketones is 1. The third-order valence-corrected chi connectivity index (χ3v) is 5.71. The molecule has 0 fully saturated rings. The largest absolute Gasteiger partial charge is 0.497 e. The summed E-state index contributed by atoms with van der Waals surface area (Å²) in [5, 5.41) is 0. The highest BCUT2D eigenvalue weighted by molar-refractivity contribution is 7.92. The number of carbonyl (C=O) groups excluding carboxylic acids is 1. The van der Waals surface area contributed by atoms with Gasteiger partial charge in [-0.2, -0.15) is 0 Å². The molecule has 0 radical (unpaired) electrons. The molecular formula is C14H20O4S. The van der Waals surface area contributed by atoms with Gasteiger partial charge in [0, 0.05) is 6.42 Å². The maximum absolute atomic E-state index is 12.6. The quantitative estimate of drug-likeness (QED) is 0.833. The van der Waals surface area contributed by atoms with Crippen LogP contribution in [0.2, 0.25) is 0 Å². The number of sulfone groups is 1. The summed E-state index contributed by atoms with van der Waals surface area (Å²) < 4.78 is 29.2. The van der Waals surface area contributed by atoms with E-state index in [1.807, 2.05) is 0 Å². The van der Waals surface area contributed by atoms with Crippen molar-refractivity contribution in [3.05, 3.63) is 23.8 Å². The molecule has 0 aliphatic heterocycles. The van der Waals surface area contributed by atoms with Crippen LogP contribution in [-0.4, -0.2) is 26.1 Å². The summed E-state index contributed by atoms with van der Waals surface area (Å²) in [4.78, 5) is 11.5. The summed E-state index contributed by atoms with van der Waals surface area (Å²) in [6.45, 7) is 6.28. The molecule has 0 aromatic heterocycles. The van der Waals surface area contributed by atoms with E-state index in [4.69, 9.17) is 4.74 Å². The predicted molar refractivity (Wildman–Crippen MR) is 74.3 cm³/mol. The molecule has 106 valence electrons. The van der Waals surface area contributed by atoms with E-state index < -0.39 is 14.6 Å². The van der Waals surface area contributed by atoms with Gasteiger partial charge in [0.15, 0.2) is 9.84 Å². The Bertz CT molecular complexity index is 585. The highest BCUT2D eigenvalue weighted by Crippen LogP contribution is 2.32. The van der Waals surface area contributed by atoms with Crippen molar-refractivity contribution in [1.82, 2.24) is 0 Å². The van der Waals surface area contributed by atoms with E-state index >= 15 is 0 Å². The van der Waals surface area contributed by atoms with Gasteiger partial charge in [0.2, 0.25) is 0 Å². The molecule has 1 aromatic carbocycles. The highest BCUT2D eigenvalue weighted by Gasteiger charge is 2.37. The number of hydrogen-bond acceptors (Lipinski definition) is 4. The van der Waals surface area contributed by atoms with Crippen molar-refractivity contribution in [2.24, 2.45) is 0 Å². The molecule has 0 unspecified atom stereocenters. The molecule has 5 heteroatoms. The van der Waals surface area contributed by atoms with Crippen LogP contribution in [0.25, 0.3) is 0 Å². The van der Waals surface area contributed by atoms with Crippen LogP contribution in [0.1, 0.15) is 32.8 Å². The van der Waals surface area contributed by atoms with Gasteiger partial charge in [-0.15, -0.1) is 0 Å². The summed E-state index contributed by atoms with van der Waals surface area (Å²) in [7, 11) is -2.04. The third kappa shape index (κ3) is 3.15. The zero-order valence-corrected chi connectivity index (χ0v) is 12.8. The predicted octanol–water partition coefficient (Wildman–Crippen LogP) is 2.54. The van der Waals surface area contributed by atoms with Crippen molar-refractivity contribution in [2.75, 3.05) is 7.11 Å². The Morgan fingerprint density at radius 2 is 1.89 bits per heavy atom.